The maximum absolute atomic E-state index is 14.6. The van der Waals surface area contributed by atoms with E-state index in [1.54, 1.807) is 6.08 Å². The first-order valence-electron chi connectivity index (χ1n) is 15.2. The number of alkyl halides is 2. The average molecular weight is 710 g/mol. The molecule has 14 heteroatoms. The number of rotatable bonds is 6. The summed E-state index contributed by atoms with van der Waals surface area (Å²) in [5.74, 6) is -9.41. The van der Waals surface area contributed by atoms with Crippen LogP contribution in [0.2, 0.25) is 0 Å². The quantitative estimate of drug-likeness (QED) is 0.205. The van der Waals surface area contributed by atoms with Gasteiger partial charge in [0, 0.05) is 23.6 Å². The predicted molar refractivity (Wildman–Crippen MR) is 174 cm³/mol. The van der Waals surface area contributed by atoms with Crippen LogP contribution >= 0.6 is 23.2 Å². The van der Waals surface area contributed by atoms with Crippen LogP contribution in [0, 0.1) is 23.6 Å². The highest BCUT2D eigenvalue weighted by molar-refractivity contribution is 6.58. The van der Waals surface area contributed by atoms with Crippen molar-refractivity contribution in [3.63, 3.8) is 0 Å². The number of ether oxygens (including phenoxy) is 2. The molecule has 6 atom stereocenters. The maximum Gasteiger partial charge on any atom is 0.335 e. The standard InChI is InChI=1S/C35H27Cl2FN2O9/c1-48-20-13-24(41)27(25(14-20)49-2)28-21-10-11-22-26(30(43)39(29(22)42)19-5-3-4-16(12-19)31(44)45)23(21)15-34(36)32(46)40(33(47)35(28,34)37)18-8-6-17(38)7-9-18/h3-10,12-14,22-23,26,28,41H,11,15H2,1-2H3,(H,44,45)/t22-,23+,26-,28+,34+,35-/m0/s1. The van der Waals surface area contributed by atoms with Gasteiger partial charge in [0.2, 0.25) is 11.8 Å². The summed E-state index contributed by atoms with van der Waals surface area (Å²) in [4.78, 5) is 66.0. The van der Waals surface area contributed by atoms with Crippen molar-refractivity contribution in [3.05, 3.63) is 89.3 Å². The van der Waals surface area contributed by atoms with Gasteiger partial charge in [-0.15, -0.1) is 23.2 Å². The molecule has 11 nitrogen and oxygen atoms in total. The third-order valence-corrected chi connectivity index (χ3v) is 11.5. The molecule has 49 heavy (non-hydrogen) atoms. The normalized spacial score (nSPS) is 29.0. The minimum Gasteiger partial charge on any atom is -0.507 e. The second-order valence-corrected chi connectivity index (χ2v) is 13.6. The van der Waals surface area contributed by atoms with E-state index >= 15 is 0 Å². The monoisotopic (exact) mass is 708 g/mol. The highest BCUT2D eigenvalue weighted by Crippen LogP contribution is 2.67. The van der Waals surface area contributed by atoms with E-state index in [2.05, 4.69) is 0 Å². The first-order valence-corrected chi connectivity index (χ1v) is 15.9. The van der Waals surface area contributed by atoms with Crippen molar-refractivity contribution in [2.75, 3.05) is 24.0 Å². The minimum absolute atomic E-state index is 0.00181. The fraction of sp³-hybridized carbons (Fsp3) is 0.286. The molecule has 4 aliphatic rings. The number of amides is 4. The van der Waals surface area contributed by atoms with Gasteiger partial charge in [0.05, 0.1) is 43.0 Å². The number of carbonyl (C=O) groups excluding carboxylic acids is 4. The summed E-state index contributed by atoms with van der Waals surface area (Å²) in [5, 5.41) is 21.0. The fourth-order valence-corrected chi connectivity index (χ4v) is 8.83. The Balaban J connectivity index is 1.43. The van der Waals surface area contributed by atoms with Crippen molar-refractivity contribution in [1.82, 2.24) is 0 Å². The van der Waals surface area contributed by atoms with E-state index in [-0.39, 0.29) is 46.8 Å². The number of carbonyl (C=O) groups is 5. The Morgan fingerprint density at radius 3 is 2.27 bits per heavy atom. The zero-order valence-corrected chi connectivity index (χ0v) is 27.4. The van der Waals surface area contributed by atoms with Crippen LogP contribution in [-0.2, 0) is 19.2 Å². The van der Waals surface area contributed by atoms with Gasteiger partial charge < -0.3 is 19.7 Å². The van der Waals surface area contributed by atoms with Crippen molar-refractivity contribution in [3.8, 4) is 17.2 Å². The first-order chi connectivity index (χ1) is 23.3. The van der Waals surface area contributed by atoms with Gasteiger partial charge >= 0.3 is 5.97 Å². The first kappa shape index (κ1) is 32.6. The molecule has 0 unspecified atom stereocenters. The number of imide groups is 2. The number of aromatic hydroxyl groups is 1. The molecule has 2 heterocycles. The number of phenols is 1. The Morgan fingerprint density at radius 1 is 0.898 bits per heavy atom. The van der Waals surface area contributed by atoms with E-state index in [0.717, 1.165) is 21.9 Å². The number of benzene rings is 3. The number of hydrogen-bond acceptors (Lipinski definition) is 8. The number of halogens is 3. The molecule has 3 aromatic rings. The third kappa shape index (κ3) is 4.43. The lowest BCUT2D eigenvalue weighted by Crippen LogP contribution is -2.60. The molecule has 252 valence electrons. The Labute approximate surface area is 288 Å². The number of hydrogen-bond donors (Lipinski definition) is 2. The molecule has 3 aromatic carbocycles. The second kappa shape index (κ2) is 11.3. The Bertz CT molecular complexity index is 2020. The topological polar surface area (TPSA) is 151 Å². The minimum atomic E-state index is -2.31. The second-order valence-electron chi connectivity index (χ2n) is 12.4. The van der Waals surface area contributed by atoms with Gasteiger partial charge in [-0.1, -0.05) is 17.7 Å². The molecule has 2 aliphatic heterocycles. The summed E-state index contributed by atoms with van der Waals surface area (Å²) < 4.78 is 24.9. The molecule has 0 aromatic heterocycles. The summed E-state index contributed by atoms with van der Waals surface area (Å²) >= 11 is 14.8. The lowest BCUT2D eigenvalue weighted by molar-refractivity contribution is -0.125. The molecule has 7 rings (SSSR count). The number of methoxy groups -OCH3 is 2. The Kier molecular flexibility index (Phi) is 7.53. The molecule has 2 aliphatic carbocycles. The highest BCUT2D eigenvalue weighted by atomic mass is 35.5. The van der Waals surface area contributed by atoms with Gasteiger partial charge in [0.15, 0.2) is 9.75 Å². The van der Waals surface area contributed by atoms with Crippen molar-refractivity contribution in [2.45, 2.75) is 28.5 Å². The SMILES string of the molecule is COc1cc(O)c([C@H]2C3=CC[C@@H]4C(=O)N(c5cccc(C(=O)O)c5)C(=O)[C@@H]4[C@@H]3C[C@@]3(Cl)C(=O)N(c4ccc(F)cc4)C(=O)[C@@]23Cl)c(OC)c1. The van der Waals surface area contributed by atoms with Crippen LogP contribution < -0.4 is 19.3 Å². The molecule has 4 amide bonds. The van der Waals surface area contributed by atoms with Crippen LogP contribution in [-0.4, -0.2) is 63.8 Å². The summed E-state index contributed by atoms with van der Waals surface area (Å²) in [6.45, 7) is 0. The zero-order chi connectivity index (χ0) is 35.2. The van der Waals surface area contributed by atoms with Crippen molar-refractivity contribution < 1.29 is 48.0 Å². The molecule has 1 saturated carbocycles. The van der Waals surface area contributed by atoms with Crippen molar-refractivity contribution in [1.29, 1.82) is 0 Å². The van der Waals surface area contributed by atoms with Crippen LogP contribution in [0.1, 0.15) is 34.7 Å². The van der Waals surface area contributed by atoms with Gasteiger partial charge in [0.1, 0.15) is 23.1 Å². The lowest BCUT2D eigenvalue weighted by atomic mass is 9.56. The van der Waals surface area contributed by atoms with Gasteiger partial charge in [-0.05, 0) is 61.2 Å². The highest BCUT2D eigenvalue weighted by Gasteiger charge is 2.77. The molecule has 3 fully saturated rings. The van der Waals surface area contributed by atoms with Crippen LogP contribution in [0.5, 0.6) is 17.2 Å². The number of nitrogens with zero attached hydrogens (tertiary/aromatic N) is 2. The van der Waals surface area contributed by atoms with Gasteiger partial charge in [0.25, 0.3) is 11.8 Å². The van der Waals surface area contributed by atoms with Crippen LogP contribution in [0.25, 0.3) is 0 Å². The molecule has 0 radical (unpaired) electrons. The predicted octanol–water partition coefficient (Wildman–Crippen LogP) is 5.01. The van der Waals surface area contributed by atoms with Crippen LogP contribution in [0.3, 0.4) is 0 Å². The van der Waals surface area contributed by atoms with E-state index in [4.69, 9.17) is 32.7 Å². The number of aromatic carboxylic acids is 1. The number of phenolic OH excluding ortho intramolecular Hbond substituents is 1. The van der Waals surface area contributed by atoms with Crippen molar-refractivity contribution >= 4 is 64.2 Å². The Morgan fingerprint density at radius 2 is 1.61 bits per heavy atom. The smallest absolute Gasteiger partial charge is 0.335 e. The fourth-order valence-electron chi connectivity index (χ4n) is 7.91. The summed E-state index contributed by atoms with van der Waals surface area (Å²) in [6.07, 6.45) is 1.35. The third-order valence-electron chi connectivity index (χ3n) is 10.1. The van der Waals surface area contributed by atoms with E-state index in [0.29, 0.717) is 5.57 Å². The van der Waals surface area contributed by atoms with Crippen LogP contribution in [0.15, 0.2) is 72.3 Å². The number of fused-ring (bicyclic) bond motifs is 4. The van der Waals surface area contributed by atoms with E-state index in [9.17, 15) is 38.6 Å². The number of carboxylic acid groups (broad SMARTS) is 1. The molecule has 2 N–H and O–H groups in total. The van der Waals surface area contributed by atoms with Gasteiger partial charge in [-0.25, -0.2) is 14.1 Å². The summed E-state index contributed by atoms with van der Waals surface area (Å²) in [6, 6.07) is 12.8. The molecule has 0 bridgehead atoms. The van der Waals surface area contributed by atoms with E-state index in [1.807, 2.05) is 0 Å². The number of anilines is 2. The molecule has 0 spiro atoms. The largest absolute Gasteiger partial charge is 0.507 e. The Hall–Kier alpha value is -4.94. The summed E-state index contributed by atoms with van der Waals surface area (Å²) in [5.41, 5.74) is 0.323. The molecular weight excluding hydrogens is 682 g/mol. The zero-order valence-electron chi connectivity index (χ0n) is 25.9. The summed E-state index contributed by atoms with van der Waals surface area (Å²) in [7, 11) is 2.70. The van der Waals surface area contributed by atoms with E-state index in [1.165, 1.54) is 62.8 Å². The van der Waals surface area contributed by atoms with E-state index < -0.39 is 74.6 Å². The van der Waals surface area contributed by atoms with Gasteiger partial charge in [-0.3, -0.25) is 24.1 Å². The number of allylic oxidation sites excluding steroid dienone is 2. The van der Waals surface area contributed by atoms with Crippen LogP contribution in [0.4, 0.5) is 15.8 Å². The average Bonchev–Trinajstić information content (AvgIpc) is 3.42. The lowest BCUT2D eigenvalue weighted by Gasteiger charge is -2.50. The maximum atomic E-state index is 14.6. The molecule has 2 saturated heterocycles. The van der Waals surface area contributed by atoms with Crippen molar-refractivity contribution in [2.24, 2.45) is 17.8 Å². The number of carboxylic acids is 1. The van der Waals surface area contributed by atoms with Gasteiger partial charge in [-0.2, -0.15) is 0 Å². The molecular formula is C35H27Cl2FN2O9.